The van der Waals surface area contributed by atoms with Crippen LogP contribution in [0.2, 0.25) is 19.6 Å². The minimum Gasteiger partial charge on any atom is -0.390 e. The van der Waals surface area contributed by atoms with Crippen LogP contribution in [0.5, 0.6) is 0 Å². The summed E-state index contributed by atoms with van der Waals surface area (Å²) in [5, 5.41) is 21.0. The first-order valence-electron chi connectivity index (χ1n) is 5.93. The van der Waals surface area contributed by atoms with Gasteiger partial charge in [-0.15, -0.1) is 0 Å². The van der Waals surface area contributed by atoms with Crippen molar-refractivity contribution in [3.8, 4) is 0 Å². The zero-order chi connectivity index (χ0) is 13.1. The van der Waals surface area contributed by atoms with Gasteiger partial charge in [-0.1, -0.05) is 49.1 Å². The molecule has 1 aromatic rings. The largest absolute Gasteiger partial charge is 0.390 e. The minimum atomic E-state index is -1.29. The normalized spacial score (nSPS) is 15.6. The molecular weight excluding hydrogens is 248 g/mol. The number of hydrogen-bond donors (Lipinski definition) is 3. The Bertz CT molecular complexity index is 345. The van der Waals surface area contributed by atoms with Crippen LogP contribution in [0.25, 0.3) is 0 Å². The van der Waals surface area contributed by atoms with E-state index >= 15 is 0 Å². The quantitative estimate of drug-likeness (QED) is 0.565. The summed E-state index contributed by atoms with van der Waals surface area (Å²) in [6.07, 6.45) is -1.04. The number of aliphatic hydroxyl groups excluding tert-OH is 2. The first-order valence-corrected chi connectivity index (χ1v) is 10.1. The molecule has 17 heavy (non-hydrogen) atoms. The van der Waals surface area contributed by atoms with Crippen LogP contribution in [-0.4, -0.2) is 30.1 Å². The van der Waals surface area contributed by atoms with Crippen molar-refractivity contribution in [3.63, 3.8) is 0 Å². The maximum absolute atomic E-state index is 9.94. The number of hydrogen-bond acceptors (Lipinski definition) is 3. The van der Waals surface area contributed by atoms with Gasteiger partial charge < -0.3 is 10.2 Å². The summed E-state index contributed by atoms with van der Waals surface area (Å²) in [6.45, 7) is 6.86. The minimum absolute atomic E-state index is 0.500. The van der Waals surface area contributed by atoms with Crippen LogP contribution >= 0.6 is 12.6 Å². The summed E-state index contributed by atoms with van der Waals surface area (Å²) >= 11 is 4.06. The van der Waals surface area contributed by atoms with Gasteiger partial charge in [-0.25, -0.2) is 0 Å². The molecule has 0 heterocycles. The lowest BCUT2D eigenvalue weighted by Gasteiger charge is -2.20. The predicted octanol–water partition coefficient (Wildman–Crippen LogP) is 1.95. The van der Waals surface area contributed by atoms with Crippen molar-refractivity contribution in [1.29, 1.82) is 0 Å². The Kier molecular flexibility index (Phi) is 5.25. The molecule has 0 fully saturated rings. The van der Waals surface area contributed by atoms with Gasteiger partial charge in [0.2, 0.25) is 0 Å². The molecule has 0 saturated heterocycles. The van der Waals surface area contributed by atoms with Crippen molar-refractivity contribution in [2.45, 2.75) is 38.3 Å². The highest BCUT2D eigenvalue weighted by Gasteiger charge is 2.20. The molecule has 0 aromatic heterocycles. The topological polar surface area (TPSA) is 40.5 Å². The summed E-state index contributed by atoms with van der Waals surface area (Å²) in [5.41, 5.74) is 0.779. The van der Waals surface area contributed by atoms with E-state index in [1.807, 2.05) is 12.1 Å². The molecule has 2 nitrogen and oxygen atoms in total. The lowest BCUT2D eigenvalue weighted by molar-refractivity contribution is 0.0172. The molecule has 0 aliphatic rings. The standard InChI is InChI=1S/C13H22O2SSi/c1-17(2,3)11-6-4-10(5-7-11)13(15)12(14)8-9-16/h4-7,12-16H,8-9H2,1-3H3. The zero-order valence-corrected chi connectivity index (χ0v) is 12.6. The zero-order valence-electron chi connectivity index (χ0n) is 10.7. The van der Waals surface area contributed by atoms with Gasteiger partial charge in [-0.3, -0.25) is 0 Å². The van der Waals surface area contributed by atoms with E-state index in [4.69, 9.17) is 0 Å². The summed E-state index contributed by atoms with van der Waals surface area (Å²) in [4.78, 5) is 0. The van der Waals surface area contributed by atoms with Crippen molar-refractivity contribution in [2.24, 2.45) is 0 Å². The van der Waals surface area contributed by atoms with Gasteiger partial charge in [0.05, 0.1) is 14.2 Å². The fourth-order valence-corrected chi connectivity index (χ4v) is 3.12. The van der Waals surface area contributed by atoms with Crippen molar-refractivity contribution in [2.75, 3.05) is 5.75 Å². The first-order chi connectivity index (χ1) is 7.86. The molecule has 0 spiro atoms. The highest BCUT2D eigenvalue weighted by molar-refractivity contribution is 7.80. The Morgan fingerprint density at radius 2 is 1.65 bits per heavy atom. The molecule has 2 unspecified atom stereocenters. The molecule has 0 aliphatic carbocycles. The Morgan fingerprint density at radius 1 is 1.12 bits per heavy atom. The van der Waals surface area contributed by atoms with E-state index in [0.29, 0.717) is 12.2 Å². The smallest absolute Gasteiger partial charge is 0.105 e. The second-order valence-corrected chi connectivity index (χ2v) is 10.9. The number of aliphatic hydroxyl groups is 2. The lowest BCUT2D eigenvalue weighted by Crippen LogP contribution is -2.37. The summed E-state index contributed by atoms with van der Waals surface area (Å²) in [7, 11) is -1.29. The Morgan fingerprint density at radius 3 is 2.06 bits per heavy atom. The maximum Gasteiger partial charge on any atom is 0.105 e. The van der Waals surface area contributed by atoms with Crippen molar-refractivity contribution in [1.82, 2.24) is 0 Å². The van der Waals surface area contributed by atoms with E-state index in [2.05, 4.69) is 44.4 Å². The second-order valence-electron chi connectivity index (χ2n) is 5.40. The molecule has 2 N–H and O–H groups in total. The van der Waals surface area contributed by atoms with Crippen LogP contribution in [0.15, 0.2) is 24.3 Å². The van der Waals surface area contributed by atoms with Crippen molar-refractivity contribution in [3.05, 3.63) is 29.8 Å². The van der Waals surface area contributed by atoms with Crippen molar-refractivity contribution >= 4 is 25.9 Å². The summed E-state index contributed by atoms with van der Waals surface area (Å²) in [5.74, 6) is 0.575. The van der Waals surface area contributed by atoms with Gasteiger partial charge in [0, 0.05) is 0 Å². The van der Waals surface area contributed by atoms with Crippen LogP contribution in [0.3, 0.4) is 0 Å². The van der Waals surface area contributed by atoms with E-state index in [9.17, 15) is 10.2 Å². The maximum atomic E-state index is 9.94. The highest BCUT2D eigenvalue weighted by atomic mass is 32.1. The van der Waals surface area contributed by atoms with Gasteiger partial charge in [0.25, 0.3) is 0 Å². The van der Waals surface area contributed by atoms with Gasteiger partial charge in [-0.05, 0) is 17.7 Å². The fraction of sp³-hybridized carbons (Fsp3) is 0.538. The Hall–Kier alpha value is -0.293. The Labute approximate surface area is 110 Å². The predicted molar refractivity (Wildman–Crippen MR) is 78.9 cm³/mol. The van der Waals surface area contributed by atoms with Crippen LogP contribution in [0, 0.1) is 0 Å². The molecule has 0 amide bonds. The highest BCUT2D eigenvalue weighted by Crippen LogP contribution is 2.19. The van der Waals surface area contributed by atoms with E-state index in [1.165, 1.54) is 5.19 Å². The van der Waals surface area contributed by atoms with Crippen molar-refractivity contribution < 1.29 is 10.2 Å². The van der Waals surface area contributed by atoms with Crippen LogP contribution in [0.4, 0.5) is 0 Å². The average molecular weight is 270 g/mol. The van der Waals surface area contributed by atoms with E-state index < -0.39 is 20.3 Å². The van der Waals surface area contributed by atoms with E-state index in [-0.39, 0.29) is 0 Å². The SMILES string of the molecule is C[Si](C)(C)c1ccc(C(O)C(O)CCS)cc1. The van der Waals surface area contributed by atoms with Gasteiger partial charge in [-0.2, -0.15) is 12.6 Å². The third-order valence-electron chi connectivity index (χ3n) is 2.91. The molecule has 2 atom stereocenters. The lowest BCUT2D eigenvalue weighted by atomic mass is 10.0. The monoisotopic (exact) mass is 270 g/mol. The third-order valence-corrected chi connectivity index (χ3v) is 5.23. The number of thiol groups is 1. The fourth-order valence-electron chi connectivity index (χ4n) is 1.69. The van der Waals surface area contributed by atoms with Gasteiger partial charge in [0.1, 0.15) is 6.10 Å². The van der Waals surface area contributed by atoms with Crippen LogP contribution in [0.1, 0.15) is 18.1 Å². The van der Waals surface area contributed by atoms with E-state index in [0.717, 1.165) is 5.56 Å². The number of rotatable bonds is 5. The molecular formula is C13H22O2SSi. The molecule has 0 bridgehead atoms. The summed E-state index contributed by atoms with van der Waals surface area (Å²) in [6, 6.07) is 7.97. The summed E-state index contributed by atoms with van der Waals surface area (Å²) < 4.78 is 0. The first kappa shape index (κ1) is 14.8. The van der Waals surface area contributed by atoms with E-state index in [1.54, 1.807) is 0 Å². The molecule has 0 saturated carbocycles. The van der Waals surface area contributed by atoms with Gasteiger partial charge in [0.15, 0.2) is 0 Å². The third kappa shape index (κ3) is 4.14. The Balaban J connectivity index is 2.80. The van der Waals surface area contributed by atoms with Gasteiger partial charge >= 0.3 is 0 Å². The molecule has 1 aromatic carbocycles. The van der Waals surface area contributed by atoms with Crippen LogP contribution in [-0.2, 0) is 0 Å². The molecule has 0 radical (unpaired) electrons. The average Bonchev–Trinajstić information content (AvgIpc) is 2.27. The number of benzene rings is 1. The molecule has 4 heteroatoms. The van der Waals surface area contributed by atoms with Crippen LogP contribution < -0.4 is 5.19 Å². The second kappa shape index (κ2) is 6.04. The molecule has 1 rings (SSSR count). The molecule has 96 valence electrons. The molecule has 0 aliphatic heterocycles.